The van der Waals surface area contributed by atoms with Gasteiger partial charge < -0.3 is 9.64 Å². The lowest BCUT2D eigenvalue weighted by Gasteiger charge is -2.23. The summed E-state index contributed by atoms with van der Waals surface area (Å²) in [5.74, 6) is -0.315. The van der Waals surface area contributed by atoms with Gasteiger partial charge in [-0.15, -0.1) is 13.2 Å². The van der Waals surface area contributed by atoms with E-state index < -0.39 is 17.6 Å². The van der Waals surface area contributed by atoms with Gasteiger partial charge in [0.15, 0.2) is 5.56 Å². The van der Waals surface area contributed by atoms with Crippen LogP contribution >= 0.6 is 0 Å². The summed E-state index contributed by atoms with van der Waals surface area (Å²) >= 11 is 0. The van der Waals surface area contributed by atoms with Gasteiger partial charge in [-0.1, -0.05) is 12.1 Å². The number of hydrogen-bond donors (Lipinski definition) is 0. The van der Waals surface area contributed by atoms with E-state index in [9.17, 15) is 28.0 Å². The van der Waals surface area contributed by atoms with Crippen molar-refractivity contribution in [3.63, 3.8) is 0 Å². The zero-order valence-electron chi connectivity index (χ0n) is 14.2. The molecule has 0 unspecified atom stereocenters. The molecule has 1 heterocycles. The van der Waals surface area contributed by atoms with Gasteiger partial charge in [0.25, 0.3) is 5.56 Å². The maximum absolute atomic E-state index is 12.3. The van der Waals surface area contributed by atoms with Crippen LogP contribution in [0.3, 0.4) is 0 Å². The van der Waals surface area contributed by atoms with Gasteiger partial charge in [0.1, 0.15) is 17.6 Å². The van der Waals surface area contributed by atoms with Gasteiger partial charge in [-0.2, -0.15) is 5.26 Å². The second-order valence-electron chi connectivity index (χ2n) is 5.57. The van der Waals surface area contributed by atoms with Gasteiger partial charge in [0.2, 0.25) is 0 Å². The molecular formula is C16H15F3N4O3. The van der Waals surface area contributed by atoms with Crippen molar-refractivity contribution in [3.8, 4) is 11.8 Å². The molecule has 0 aliphatic carbocycles. The summed E-state index contributed by atoms with van der Waals surface area (Å²) in [4.78, 5) is 25.6. The highest BCUT2D eigenvalue weighted by atomic mass is 19.4. The van der Waals surface area contributed by atoms with Crippen LogP contribution in [0.4, 0.5) is 19.0 Å². The zero-order valence-corrected chi connectivity index (χ0v) is 14.2. The van der Waals surface area contributed by atoms with Crippen LogP contribution in [0.2, 0.25) is 0 Å². The van der Waals surface area contributed by atoms with Gasteiger partial charge in [0.05, 0.1) is 0 Å². The minimum Gasteiger partial charge on any atom is -0.406 e. The first-order chi connectivity index (χ1) is 12.0. The number of benzene rings is 1. The Morgan fingerprint density at radius 2 is 1.88 bits per heavy atom. The van der Waals surface area contributed by atoms with E-state index in [0.29, 0.717) is 5.56 Å². The summed E-state index contributed by atoms with van der Waals surface area (Å²) in [6, 6.07) is 7.07. The molecule has 0 saturated heterocycles. The zero-order chi connectivity index (χ0) is 19.6. The molecule has 0 spiro atoms. The van der Waals surface area contributed by atoms with Crippen LogP contribution in [-0.4, -0.2) is 22.5 Å². The topological polar surface area (TPSA) is 80.3 Å². The Morgan fingerprint density at radius 3 is 2.46 bits per heavy atom. The van der Waals surface area contributed by atoms with Gasteiger partial charge in [-0.3, -0.25) is 13.9 Å². The van der Waals surface area contributed by atoms with Gasteiger partial charge in [-0.25, -0.2) is 4.79 Å². The van der Waals surface area contributed by atoms with Crippen LogP contribution in [0.25, 0.3) is 0 Å². The van der Waals surface area contributed by atoms with Crippen LogP contribution in [0.15, 0.2) is 33.9 Å². The Balaban J connectivity index is 2.42. The normalized spacial score (nSPS) is 11.1. The molecule has 0 amide bonds. The Morgan fingerprint density at radius 1 is 1.23 bits per heavy atom. The molecule has 0 aliphatic rings. The minimum atomic E-state index is -4.81. The van der Waals surface area contributed by atoms with E-state index in [1.165, 1.54) is 38.2 Å². The van der Waals surface area contributed by atoms with Crippen molar-refractivity contribution in [2.75, 3.05) is 11.9 Å². The number of anilines is 1. The molecule has 2 rings (SSSR count). The molecular weight excluding hydrogens is 353 g/mol. The van der Waals surface area contributed by atoms with E-state index in [0.717, 1.165) is 15.2 Å². The number of halogens is 3. The number of hydrogen-bond acceptors (Lipinski definition) is 5. The second-order valence-corrected chi connectivity index (χ2v) is 5.57. The molecule has 2 aromatic rings. The lowest BCUT2D eigenvalue weighted by Crippen LogP contribution is -2.41. The first-order valence-electron chi connectivity index (χ1n) is 7.31. The summed E-state index contributed by atoms with van der Waals surface area (Å²) < 4.78 is 42.8. The molecule has 0 saturated carbocycles. The van der Waals surface area contributed by atoms with E-state index >= 15 is 0 Å². The number of aromatic nitrogens is 2. The second kappa shape index (κ2) is 6.95. The average molecular weight is 368 g/mol. The predicted molar refractivity (Wildman–Crippen MR) is 86.9 cm³/mol. The molecule has 0 aliphatic heterocycles. The molecule has 0 N–H and O–H groups in total. The molecule has 7 nitrogen and oxygen atoms in total. The molecule has 26 heavy (non-hydrogen) atoms. The SMILES string of the molecule is CN(Cc1cccc(OC(F)(F)F)c1)c1c(C#N)c(=O)n(C)c(=O)n1C. The lowest BCUT2D eigenvalue weighted by molar-refractivity contribution is -0.274. The van der Waals surface area contributed by atoms with E-state index in [1.807, 2.05) is 0 Å². The van der Waals surface area contributed by atoms with Crippen molar-refractivity contribution in [1.82, 2.24) is 9.13 Å². The number of ether oxygens (including phenoxy) is 1. The first-order valence-corrected chi connectivity index (χ1v) is 7.31. The van der Waals surface area contributed by atoms with Crippen molar-refractivity contribution in [1.29, 1.82) is 5.26 Å². The van der Waals surface area contributed by atoms with Crippen LogP contribution in [0.1, 0.15) is 11.1 Å². The summed E-state index contributed by atoms with van der Waals surface area (Å²) in [5.41, 5.74) is -1.16. The fraction of sp³-hybridized carbons (Fsp3) is 0.312. The lowest BCUT2D eigenvalue weighted by atomic mass is 10.2. The number of rotatable bonds is 4. The number of alkyl halides is 3. The van der Waals surface area contributed by atoms with Crippen molar-refractivity contribution in [3.05, 3.63) is 56.2 Å². The Hall–Kier alpha value is -3.22. The average Bonchev–Trinajstić information content (AvgIpc) is 2.54. The van der Waals surface area contributed by atoms with Gasteiger partial charge in [-0.05, 0) is 17.7 Å². The maximum Gasteiger partial charge on any atom is 0.573 e. The highest BCUT2D eigenvalue weighted by molar-refractivity contribution is 5.53. The third-order valence-electron chi connectivity index (χ3n) is 3.66. The largest absolute Gasteiger partial charge is 0.573 e. The Labute approximate surface area is 146 Å². The van der Waals surface area contributed by atoms with Crippen LogP contribution < -0.4 is 20.9 Å². The Bertz CT molecular complexity index is 986. The number of nitrogens with zero attached hydrogens (tertiary/aromatic N) is 4. The van der Waals surface area contributed by atoms with Crippen LogP contribution in [-0.2, 0) is 20.6 Å². The molecule has 0 radical (unpaired) electrons. The number of nitriles is 1. The standard InChI is InChI=1S/C16H15F3N4O3/c1-21(9-10-5-4-6-11(7-10)26-16(17,18)19)13-12(8-20)14(24)23(3)15(25)22(13)2/h4-7H,9H2,1-3H3. The third kappa shape index (κ3) is 3.88. The molecule has 138 valence electrons. The van der Waals surface area contributed by atoms with Crippen molar-refractivity contribution in [2.45, 2.75) is 12.9 Å². The van der Waals surface area contributed by atoms with Gasteiger partial charge in [0, 0.05) is 27.7 Å². The van der Waals surface area contributed by atoms with Crippen molar-refractivity contribution < 1.29 is 17.9 Å². The molecule has 0 atom stereocenters. The minimum absolute atomic E-state index is 0.0458. The maximum atomic E-state index is 12.3. The first kappa shape index (κ1) is 19.1. The molecule has 10 heteroatoms. The van der Waals surface area contributed by atoms with E-state index in [1.54, 1.807) is 12.1 Å². The highest BCUT2D eigenvalue weighted by Crippen LogP contribution is 2.24. The smallest absolute Gasteiger partial charge is 0.406 e. The molecule has 1 aromatic carbocycles. The summed E-state index contributed by atoms with van der Waals surface area (Å²) in [6.45, 7) is 0.0458. The Kier molecular flexibility index (Phi) is 5.11. The van der Waals surface area contributed by atoms with Crippen molar-refractivity contribution >= 4 is 5.82 Å². The fourth-order valence-electron chi connectivity index (χ4n) is 2.57. The van der Waals surface area contributed by atoms with Gasteiger partial charge >= 0.3 is 12.1 Å². The van der Waals surface area contributed by atoms with Crippen molar-refractivity contribution in [2.24, 2.45) is 14.1 Å². The molecule has 1 aromatic heterocycles. The van der Waals surface area contributed by atoms with E-state index in [2.05, 4.69) is 4.74 Å². The van der Waals surface area contributed by atoms with Crippen LogP contribution in [0, 0.1) is 11.3 Å². The highest BCUT2D eigenvalue weighted by Gasteiger charge is 2.31. The van der Waals surface area contributed by atoms with E-state index in [-0.39, 0.29) is 23.7 Å². The predicted octanol–water partition coefficient (Wildman–Crippen LogP) is 1.49. The molecule has 0 bridgehead atoms. The summed E-state index contributed by atoms with van der Waals surface area (Å²) in [5, 5.41) is 9.28. The van der Waals surface area contributed by atoms with Crippen LogP contribution in [0.5, 0.6) is 5.75 Å². The monoisotopic (exact) mass is 368 g/mol. The third-order valence-corrected chi connectivity index (χ3v) is 3.66. The van der Waals surface area contributed by atoms with E-state index in [4.69, 9.17) is 0 Å². The summed E-state index contributed by atoms with van der Waals surface area (Å²) in [7, 11) is 4.18. The quantitative estimate of drug-likeness (QED) is 0.817. The summed E-state index contributed by atoms with van der Waals surface area (Å²) in [6.07, 6.45) is -4.81. The fourth-order valence-corrected chi connectivity index (χ4v) is 2.57. The molecule has 0 fully saturated rings.